The van der Waals surface area contributed by atoms with Gasteiger partial charge in [0.15, 0.2) is 5.13 Å². The van der Waals surface area contributed by atoms with Crippen LogP contribution in [0.15, 0.2) is 29.8 Å². The Kier molecular flexibility index (Phi) is 4.40. The molecule has 2 aliphatic heterocycles. The third kappa shape index (κ3) is 3.37. The van der Waals surface area contributed by atoms with Gasteiger partial charge in [-0.3, -0.25) is 9.59 Å². The normalized spacial score (nSPS) is 19.4. The number of rotatable bonds is 4. The number of benzene rings is 1. The van der Waals surface area contributed by atoms with Crippen molar-refractivity contribution >= 4 is 34.0 Å². The molecular formula is C18H20N4O2S. The maximum absolute atomic E-state index is 12.6. The quantitative estimate of drug-likeness (QED) is 0.881. The molecule has 0 radical (unpaired) electrons. The summed E-state index contributed by atoms with van der Waals surface area (Å²) in [7, 11) is 0. The van der Waals surface area contributed by atoms with Crippen LogP contribution < -0.4 is 15.5 Å². The number of hydrogen-bond donors (Lipinski definition) is 2. The predicted octanol–water partition coefficient (Wildman–Crippen LogP) is 2.28. The summed E-state index contributed by atoms with van der Waals surface area (Å²) in [5, 5.41) is 8.89. The maximum Gasteiger partial charge on any atom is 0.251 e. The molecule has 1 fully saturated rings. The summed E-state index contributed by atoms with van der Waals surface area (Å²) >= 11 is 1.66. The fourth-order valence-electron chi connectivity index (χ4n) is 3.57. The second kappa shape index (κ2) is 6.84. The van der Waals surface area contributed by atoms with Gasteiger partial charge in [-0.25, -0.2) is 4.98 Å². The van der Waals surface area contributed by atoms with Crippen LogP contribution in [0.1, 0.15) is 28.8 Å². The molecule has 25 heavy (non-hydrogen) atoms. The molecule has 1 atom stereocenters. The lowest BCUT2D eigenvalue weighted by atomic mass is 9.98. The number of thiazole rings is 1. The number of carbonyl (C=O) groups is 2. The summed E-state index contributed by atoms with van der Waals surface area (Å²) in [4.78, 5) is 30.8. The van der Waals surface area contributed by atoms with E-state index in [1.165, 1.54) is 0 Å². The summed E-state index contributed by atoms with van der Waals surface area (Å²) in [6.07, 6.45) is 4.32. The third-order valence-corrected chi connectivity index (χ3v) is 5.62. The van der Waals surface area contributed by atoms with Gasteiger partial charge in [0.25, 0.3) is 5.91 Å². The first-order valence-corrected chi connectivity index (χ1v) is 9.43. The van der Waals surface area contributed by atoms with Crippen LogP contribution in [0.25, 0.3) is 0 Å². The topological polar surface area (TPSA) is 74.3 Å². The van der Waals surface area contributed by atoms with E-state index in [0.717, 1.165) is 42.3 Å². The molecule has 0 unspecified atom stereocenters. The Morgan fingerprint density at radius 3 is 3.20 bits per heavy atom. The van der Waals surface area contributed by atoms with Crippen molar-refractivity contribution in [3.8, 4) is 0 Å². The molecule has 0 aliphatic carbocycles. The molecule has 2 aliphatic rings. The summed E-state index contributed by atoms with van der Waals surface area (Å²) in [6.45, 7) is 2.59. The van der Waals surface area contributed by atoms with Crippen LogP contribution in [0, 0.1) is 5.92 Å². The van der Waals surface area contributed by atoms with E-state index in [1.54, 1.807) is 17.4 Å². The lowest BCUT2D eigenvalue weighted by molar-refractivity contribution is -0.115. The van der Waals surface area contributed by atoms with E-state index in [1.807, 2.05) is 23.7 Å². The van der Waals surface area contributed by atoms with Crippen LogP contribution in [0.3, 0.4) is 0 Å². The Morgan fingerprint density at radius 2 is 2.36 bits per heavy atom. The van der Waals surface area contributed by atoms with Crippen LogP contribution in [-0.4, -0.2) is 36.4 Å². The number of aromatic nitrogens is 1. The first-order chi connectivity index (χ1) is 12.2. The lowest BCUT2D eigenvalue weighted by Gasteiger charge is -2.32. The highest BCUT2D eigenvalue weighted by Crippen LogP contribution is 2.27. The number of carbonyl (C=O) groups excluding carboxylic acids is 2. The van der Waals surface area contributed by atoms with E-state index < -0.39 is 0 Å². The van der Waals surface area contributed by atoms with Crippen LogP contribution >= 0.6 is 11.3 Å². The predicted molar refractivity (Wildman–Crippen MR) is 98.2 cm³/mol. The van der Waals surface area contributed by atoms with Crippen LogP contribution in [0.5, 0.6) is 0 Å². The molecule has 4 rings (SSSR count). The Bertz CT molecular complexity index is 790. The van der Waals surface area contributed by atoms with Crippen molar-refractivity contribution in [3.63, 3.8) is 0 Å². The van der Waals surface area contributed by atoms with Gasteiger partial charge in [-0.2, -0.15) is 0 Å². The highest BCUT2D eigenvalue weighted by atomic mass is 32.1. The molecule has 0 saturated carbocycles. The van der Waals surface area contributed by atoms with Gasteiger partial charge >= 0.3 is 0 Å². The molecular weight excluding hydrogens is 336 g/mol. The van der Waals surface area contributed by atoms with Crippen molar-refractivity contribution in [2.24, 2.45) is 5.92 Å². The van der Waals surface area contributed by atoms with Crippen molar-refractivity contribution in [1.29, 1.82) is 0 Å². The number of piperidine rings is 1. The molecule has 1 aromatic heterocycles. The number of amides is 2. The SMILES string of the molecule is O=C1Cc2c(cccc2C(=O)NC[C@H]2CCCN(c3nccs3)C2)N1. The standard InChI is InChI=1S/C18H20N4O2S/c23-16-9-14-13(4-1-5-15(14)21-16)17(24)20-10-12-3-2-7-22(11-12)18-19-6-8-25-18/h1,4-6,8,12H,2-3,7,9-11H2,(H,20,24)(H,21,23)/t12-/m1/s1. The first-order valence-electron chi connectivity index (χ1n) is 8.55. The summed E-state index contributed by atoms with van der Waals surface area (Å²) in [6, 6.07) is 5.44. The van der Waals surface area contributed by atoms with Gasteiger partial charge in [-0.1, -0.05) is 6.07 Å². The van der Waals surface area contributed by atoms with Crippen molar-refractivity contribution < 1.29 is 9.59 Å². The molecule has 0 bridgehead atoms. The number of fused-ring (bicyclic) bond motifs is 1. The Hall–Kier alpha value is -2.41. The average molecular weight is 356 g/mol. The number of nitrogens with one attached hydrogen (secondary N) is 2. The Labute approximate surface area is 150 Å². The van der Waals surface area contributed by atoms with Gasteiger partial charge in [0.1, 0.15) is 0 Å². The molecule has 3 heterocycles. The zero-order chi connectivity index (χ0) is 17.2. The second-order valence-corrected chi connectivity index (χ2v) is 7.41. The van der Waals surface area contributed by atoms with E-state index in [4.69, 9.17) is 0 Å². The number of hydrogen-bond acceptors (Lipinski definition) is 5. The van der Waals surface area contributed by atoms with Crippen LogP contribution in [-0.2, 0) is 11.2 Å². The third-order valence-electron chi connectivity index (χ3n) is 4.79. The van der Waals surface area contributed by atoms with Gasteiger partial charge < -0.3 is 15.5 Å². The van der Waals surface area contributed by atoms with E-state index >= 15 is 0 Å². The number of nitrogens with zero attached hydrogens (tertiary/aromatic N) is 2. The van der Waals surface area contributed by atoms with Crippen molar-refractivity contribution in [2.45, 2.75) is 19.3 Å². The minimum atomic E-state index is -0.0975. The molecule has 7 heteroatoms. The van der Waals surface area contributed by atoms with Gasteiger partial charge in [0, 0.05) is 42.5 Å². The molecule has 1 saturated heterocycles. The number of anilines is 2. The van der Waals surface area contributed by atoms with Crippen LogP contribution in [0.4, 0.5) is 10.8 Å². The second-order valence-electron chi connectivity index (χ2n) is 6.54. The smallest absolute Gasteiger partial charge is 0.251 e. The van der Waals surface area contributed by atoms with E-state index in [-0.39, 0.29) is 18.2 Å². The Balaban J connectivity index is 1.38. The molecule has 6 nitrogen and oxygen atoms in total. The van der Waals surface area contributed by atoms with Crippen molar-refractivity contribution in [3.05, 3.63) is 40.9 Å². The maximum atomic E-state index is 12.6. The fourth-order valence-corrected chi connectivity index (χ4v) is 4.25. The molecule has 2 amide bonds. The van der Waals surface area contributed by atoms with Gasteiger partial charge in [0.05, 0.1) is 6.42 Å². The minimum Gasteiger partial charge on any atom is -0.352 e. The molecule has 1 aromatic carbocycles. The first kappa shape index (κ1) is 16.1. The van der Waals surface area contributed by atoms with Gasteiger partial charge in [0.2, 0.25) is 5.91 Å². The summed E-state index contributed by atoms with van der Waals surface area (Å²) in [5.41, 5.74) is 2.16. The molecule has 0 spiro atoms. The summed E-state index contributed by atoms with van der Waals surface area (Å²) in [5.74, 6) is 0.263. The molecule has 130 valence electrons. The average Bonchev–Trinajstić information content (AvgIpc) is 3.28. The van der Waals surface area contributed by atoms with E-state index in [2.05, 4.69) is 20.5 Å². The van der Waals surface area contributed by atoms with Gasteiger partial charge in [-0.05, 0) is 36.5 Å². The lowest BCUT2D eigenvalue weighted by Crippen LogP contribution is -2.41. The van der Waals surface area contributed by atoms with E-state index in [0.29, 0.717) is 18.0 Å². The zero-order valence-electron chi connectivity index (χ0n) is 13.8. The van der Waals surface area contributed by atoms with Crippen molar-refractivity contribution in [2.75, 3.05) is 29.9 Å². The van der Waals surface area contributed by atoms with Crippen molar-refractivity contribution in [1.82, 2.24) is 10.3 Å². The monoisotopic (exact) mass is 356 g/mol. The van der Waals surface area contributed by atoms with Crippen LogP contribution in [0.2, 0.25) is 0 Å². The zero-order valence-corrected chi connectivity index (χ0v) is 14.6. The van der Waals surface area contributed by atoms with Gasteiger partial charge in [-0.15, -0.1) is 11.3 Å². The summed E-state index contributed by atoms with van der Waals surface area (Å²) < 4.78 is 0. The minimum absolute atomic E-state index is 0.0541. The fraction of sp³-hybridized carbons (Fsp3) is 0.389. The largest absolute Gasteiger partial charge is 0.352 e. The molecule has 2 aromatic rings. The van der Waals surface area contributed by atoms with E-state index in [9.17, 15) is 9.59 Å². The highest BCUT2D eigenvalue weighted by molar-refractivity contribution is 7.13. The highest BCUT2D eigenvalue weighted by Gasteiger charge is 2.25. The molecule has 2 N–H and O–H groups in total. The Morgan fingerprint density at radius 1 is 1.44 bits per heavy atom.